The number of fused-ring (bicyclic) bond motifs is 1. The number of rotatable bonds is 2. The molecule has 2 heterocycles. The molecular weight excluding hydrogens is 308 g/mol. The lowest BCUT2D eigenvalue weighted by atomic mass is 10.0. The Morgan fingerprint density at radius 2 is 1.91 bits per heavy atom. The molecule has 1 fully saturated rings. The Balaban J connectivity index is 1.91. The fraction of sp³-hybridized carbons (Fsp3) is 0.467. The van der Waals surface area contributed by atoms with Crippen molar-refractivity contribution < 1.29 is 27.7 Å². The summed E-state index contributed by atoms with van der Waals surface area (Å²) in [6.45, 7) is 3.61. The highest BCUT2D eigenvalue weighted by Crippen LogP contribution is 2.34. The van der Waals surface area contributed by atoms with Crippen molar-refractivity contribution in [2.45, 2.75) is 42.8 Å². The number of aliphatic hydroxyl groups excluding tert-OH is 1. The van der Waals surface area contributed by atoms with Gasteiger partial charge in [0.05, 0.1) is 11.5 Å². The topological polar surface area (TPSA) is 82.1 Å². The number of hydrogen-bond donors (Lipinski definition) is 1. The summed E-state index contributed by atoms with van der Waals surface area (Å²) >= 11 is 0. The van der Waals surface area contributed by atoms with Gasteiger partial charge >= 0.3 is 0 Å². The highest BCUT2D eigenvalue weighted by molar-refractivity contribution is 7.95. The lowest BCUT2D eigenvalue weighted by Gasteiger charge is -2.44. The van der Waals surface area contributed by atoms with Gasteiger partial charge in [0.25, 0.3) is 0 Å². The van der Waals surface area contributed by atoms with Crippen LogP contribution in [0.4, 0.5) is 0 Å². The highest BCUT2D eigenvalue weighted by atomic mass is 32.2. The van der Waals surface area contributed by atoms with E-state index >= 15 is 0 Å². The van der Waals surface area contributed by atoms with E-state index in [0.29, 0.717) is 0 Å². The summed E-state index contributed by atoms with van der Waals surface area (Å²) in [4.78, 5) is 0.116. The van der Waals surface area contributed by atoms with Crippen molar-refractivity contribution >= 4 is 9.84 Å². The fourth-order valence-corrected chi connectivity index (χ4v) is 3.81. The molecule has 0 amide bonds. The van der Waals surface area contributed by atoms with Crippen molar-refractivity contribution in [2.24, 2.45) is 0 Å². The lowest BCUT2D eigenvalue weighted by molar-refractivity contribution is -0.319. The summed E-state index contributed by atoms with van der Waals surface area (Å²) in [5.41, 5.74) is 0. The summed E-state index contributed by atoms with van der Waals surface area (Å²) in [6, 6.07) is 7.95. The van der Waals surface area contributed by atoms with Gasteiger partial charge in [-0.1, -0.05) is 18.2 Å². The maximum Gasteiger partial charge on any atom is 0.238 e. The van der Waals surface area contributed by atoms with Gasteiger partial charge in [0.1, 0.15) is 12.2 Å². The summed E-state index contributed by atoms with van der Waals surface area (Å²) in [7, 11) is -3.81. The average molecular weight is 326 g/mol. The Kier molecular flexibility index (Phi) is 3.76. The Labute approximate surface area is 129 Å². The van der Waals surface area contributed by atoms with E-state index in [1.54, 1.807) is 32.0 Å². The van der Waals surface area contributed by atoms with Crippen LogP contribution < -0.4 is 0 Å². The van der Waals surface area contributed by atoms with Crippen LogP contribution in [-0.2, 0) is 24.0 Å². The maximum absolute atomic E-state index is 12.5. The number of hydrogen-bond acceptors (Lipinski definition) is 6. The molecule has 0 aromatic heterocycles. The first-order valence-corrected chi connectivity index (χ1v) is 8.46. The minimum Gasteiger partial charge on any atom is -0.474 e. The van der Waals surface area contributed by atoms with E-state index in [1.165, 1.54) is 18.2 Å². The predicted molar refractivity (Wildman–Crippen MR) is 77.5 cm³/mol. The number of ether oxygens (including phenoxy) is 3. The molecule has 0 unspecified atom stereocenters. The van der Waals surface area contributed by atoms with Crippen molar-refractivity contribution in [1.82, 2.24) is 0 Å². The van der Waals surface area contributed by atoms with Gasteiger partial charge in [-0.25, -0.2) is 8.42 Å². The summed E-state index contributed by atoms with van der Waals surface area (Å²) in [6.07, 6.45) is -1.21. The molecular formula is C15H18O6S. The number of sulfone groups is 1. The number of aliphatic hydroxyl groups is 1. The van der Waals surface area contributed by atoms with Crippen molar-refractivity contribution in [2.75, 3.05) is 6.61 Å². The third-order valence-corrected chi connectivity index (χ3v) is 5.27. The van der Waals surface area contributed by atoms with Crippen LogP contribution in [0.5, 0.6) is 0 Å². The Hall–Kier alpha value is -1.41. The van der Waals surface area contributed by atoms with Gasteiger partial charge in [0, 0.05) is 6.08 Å². The second-order valence-electron chi connectivity index (χ2n) is 5.74. The Morgan fingerprint density at radius 3 is 2.59 bits per heavy atom. The van der Waals surface area contributed by atoms with Crippen LogP contribution in [0.15, 0.2) is 46.4 Å². The third-order valence-electron chi connectivity index (χ3n) is 3.61. The molecule has 2 aliphatic rings. The van der Waals surface area contributed by atoms with Crippen LogP contribution >= 0.6 is 0 Å². The molecule has 0 spiro atoms. The first kappa shape index (κ1) is 15.5. The van der Waals surface area contributed by atoms with Crippen molar-refractivity contribution in [3.05, 3.63) is 41.5 Å². The Morgan fingerprint density at radius 1 is 1.23 bits per heavy atom. The quantitative estimate of drug-likeness (QED) is 0.880. The van der Waals surface area contributed by atoms with E-state index < -0.39 is 33.9 Å². The van der Waals surface area contributed by atoms with Crippen molar-refractivity contribution in [1.29, 1.82) is 0 Å². The van der Waals surface area contributed by atoms with Crippen molar-refractivity contribution in [3.63, 3.8) is 0 Å². The molecule has 1 aromatic carbocycles. The minimum atomic E-state index is -3.81. The van der Waals surface area contributed by atoms with E-state index in [-0.39, 0.29) is 16.6 Å². The predicted octanol–water partition coefficient (Wildman–Crippen LogP) is 1.21. The van der Waals surface area contributed by atoms with Crippen molar-refractivity contribution in [3.8, 4) is 0 Å². The minimum absolute atomic E-state index is 0.116. The molecule has 3 atom stereocenters. The summed E-state index contributed by atoms with van der Waals surface area (Å²) in [5.74, 6) is -0.838. The van der Waals surface area contributed by atoms with Crippen LogP contribution in [0.2, 0.25) is 0 Å². The van der Waals surface area contributed by atoms with E-state index in [4.69, 9.17) is 14.2 Å². The van der Waals surface area contributed by atoms with Gasteiger partial charge in [-0.3, -0.25) is 0 Å². The van der Waals surface area contributed by atoms with Crippen LogP contribution in [0.3, 0.4) is 0 Å². The first-order chi connectivity index (χ1) is 10.3. The fourth-order valence-electron chi connectivity index (χ4n) is 2.50. The highest BCUT2D eigenvalue weighted by Gasteiger charge is 2.45. The molecule has 1 saturated heterocycles. The lowest BCUT2D eigenvalue weighted by Crippen LogP contribution is -2.56. The van der Waals surface area contributed by atoms with Gasteiger partial charge < -0.3 is 19.3 Å². The van der Waals surface area contributed by atoms with E-state index in [0.717, 1.165) is 0 Å². The largest absolute Gasteiger partial charge is 0.474 e. The second kappa shape index (κ2) is 5.34. The van der Waals surface area contributed by atoms with E-state index in [1.807, 2.05) is 0 Å². The van der Waals surface area contributed by atoms with Gasteiger partial charge in [0.15, 0.2) is 11.9 Å². The van der Waals surface area contributed by atoms with Crippen LogP contribution in [0.25, 0.3) is 0 Å². The molecule has 6 nitrogen and oxygen atoms in total. The van der Waals surface area contributed by atoms with E-state index in [9.17, 15) is 13.5 Å². The molecule has 0 bridgehead atoms. The molecule has 1 N–H and O–H groups in total. The summed E-state index contributed by atoms with van der Waals surface area (Å²) in [5, 5.41) is 9.95. The molecule has 0 radical (unpaired) electrons. The van der Waals surface area contributed by atoms with E-state index in [2.05, 4.69) is 0 Å². The Bertz CT molecular complexity index is 679. The third kappa shape index (κ3) is 2.77. The van der Waals surface area contributed by atoms with Gasteiger partial charge in [0.2, 0.25) is 14.9 Å². The smallest absolute Gasteiger partial charge is 0.238 e. The standard InChI is InChI=1S/C15H18O6S/c1-15(2)19-9-12-14(21-15)11(16)8-13(20-12)22(17,18)10-6-4-3-5-7-10/h3-8,11-12,14,16H,9H2,1-2H3/t11-,12-,14-/m1/s1. The van der Waals surface area contributed by atoms with Crippen LogP contribution in [-0.4, -0.2) is 44.2 Å². The molecule has 0 aliphatic carbocycles. The van der Waals surface area contributed by atoms with Gasteiger partial charge in [-0.05, 0) is 26.0 Å². The van der Waals surface area contributed by atoms with Gasteiger partial charge in [-0.15, -0.1) is 0 Å². The molecule has 1 aromatic rings. The molecule has 22 heavy (non-hydrogen) atoms. The number of benzene rings is 1. The molecule has 0 saturated carbocycles. The SMILES string of the molecule is CC1(C)OC[C@H]2OC(S(=O)(=O)c3ccccc3)=C[C@@H](O)[C@H]2O1. The first-order valence-electron chi connectivity index (χ1n) is 6.98. The zero-order valence-electron chi connectivity index (χ0n) is 12.3. The maximum atomic E-state index is 12.5. The zero-order valence-corrected chi connectivity index (χ0v) is 13.1. The monoisotopic (exact) mass is 326 g/mol. The zero-order chi connectivity index (χ0) is 16.0. The second-order valence-corrected chi connectivity index (χ2v) is 7.62. The van der Waals surface area contributed by atoms with Crippen LogP contribution in [0.1, 0.15) is 13.8 Å². The molecule has 3 rings (SSSR count). The average Bonchev–Trinajstić information content (AvgIpc) is 2.48. The molecule has 7 heteroatoms. The van der Waals surface area contributed by atoms with Crippen LogP contribution in [0, 0.1) is 0 Å². The molecule has 120 valence electrons. The summed E-state index contributed by atoms with van der Waals surface area (Å²) < 4.78 is 41.7. The molecule has 2 aliphatic heterocycles. The van der Waals surface area contributed by atoms with Gasteiger partial charge in [-0.2, -0.15) is 0 Å². The normalized spacial score (nSPS) is 30.9.